The van der Waals surface area contributed by atoms with Crippen molar-refractivity contribution in [3.8, 4) is 0 Å². The Morgan fingerprint density at radius 3 is 2.67 bits per heavy atom. The Labute approximate surface area is 107 Å². The van der Waals surface area contributed by atoms with Crippen LogP contribution in [-0.2, 0) is 14.3 Å². The van der Waals surface area contributed by atoms with Gasteiger partial charge in [-0.15, -0.1) is 0 Å². The van der Waals surface area contributed by atoms with Crippen molar-refractivity contribution in [2.75, 3.05) is 7.11 Å². The van der Waals surface area contributed by atoms with E-state index < -0.39 is 18.1 Å². The third kappa shape index (κ3) is 3.87. The van der Waals surface area contributed by atoms with Crippen molar-refractivity contribution < 1.29 is 24.2 Å². The Hall–Kier alpha value is -1.30. The smallest absolute Gasteiger partial charge is 0.407 e. The van der Waals surface area contributed by atoms with Crippen LogP contribution in [0.25, 0.3) is 0 Å². The normalized spacial score (nSPS) is 29.4. The lowest BCUT2D eigenvalue weighted by atomic mass is 9.85. The lowest BCUT2D eigenvalue weighted by Gasteiger charge is -2.36. The van der Waals surface area contributed by atoms with Crippen LogP contribution in [0.4, 0.5) is 4.79 Å². The van der Waals surface area contributed by atoms with Crippen LogP contribution in [0.5, 0.6) is 0 Å². The second-order valence-corrected chi connectivity index (χ2v) is 4.66. The summed E-state index contributed by atoms with van der Waals surface area (Å²) in [5, 5.41) is 11.6. The second-order valence-electron chi connectivity index (χ2n) is 4.66. The maximum absolute atomic E-state index is 11.2. The van der Waals surface area contributed by atoms with Crippen LogP contribution in [-0.4, -0.2) is 42.5 Å². The van der Waals surface area contributed by atoms with Gasteiger partial charge < -0.3 is 19.9 Å². The summed E-state index contributed by atoms with van der Waals surface area (Å²) in [6.07, 6.45) is 1.45. The summed E-state index contributed by atoms with van der Waals surface area (Å²) < 4.78 is 10.1. The van der Waals surface area contributed by atoms with Gasteiger partial charge >= 0.3 is 12.1 Å². The van der Waals surface area contributed by atoms with E-state index in [2.05, 4.69) is 10.1 Å². The first kappa shape index (κ1) is 14.8. The van der Waals surface area contributed by atoms with Crippen molar-refractivity contribution in [2.24, 2.45) is 5.92 Å². The number of amides is 1. The summed E-state index contributed by atoms with van der Waals surface area (Å²) in [5.41, 5.74) is 0. The van der Waals surface area contributed by atoms with E-state index in [0.29, 0.717) is 12.8 Å². The molecule has 1 fully saturated rings. The minimum Gasteiger partial charge on any atom is -0.480 e. The topological polar surface area (TPSA) is 84.9 Å². The second kappa shape index (κ2) is 6.58. The highest BCUT2D eigenvalue weighted by atomic mass is 16.5. The molecule has 1 unspecified atom stereocenters. The van der Waals surface area contributed by atoms with Crippen molar-refractivity contribution in [2.45, 2.75) is 51.4 Å². The molecule has 2 N–H and O–H groups in total. The molecule has 1 aliphatic rings. The monoisotopic (exact) mass is 259 g/mol. The van der Waals surface area contributed by atoms with Gasteiger partial charge in [0, 0.05) is 0 Å². The summed E-state index contributed by atoms with van der Waals surface area (Å²) in [6, 6.07) is -0.919. The fourth-order valence-electron chi connectivity index (χ4n) is 2.40. The number of alkyl carbamates (subject to hydrolysis) is 1. The first-order chi connectivity index (χ1) is 8.47. The summed E-state index contributed by atoms with van der Waals surface area (Å²) in [6.45, 7) is 3.93. The zero-order valence-corrected chi connectivity index (χ0v) is 11.0. The van der Waals surface area contributed by atoms with Crippen molar-refractivity contribution in [1.82, 2.24) is 5.32 Å². The maximum Gasteiger partial charge on any atom is 0.407 e. The van der Waals surface area contributed by atoms with Gasteiger partial charge in [-0.05, 0) is 32.1 Å². The van der Waals surface area contributed by atoms with Gasteiger partial charge in [0.05, 0.1) is 19.3 Å². The zero-order valence-electron chi connectivity index (χ0n) is 11.0. The molecule has 1 heterocycles. The first-order valence-electron chi connectivity index (χ1n) is 6.20. The Bertz CT molecular complexity index is 307. The standard InChI is InChI=1S/C12H21NO5/c1-4-9-6-8(5-7(2)18-9)10(11(14)15)13-12(16)17-3/h7-10H,4-6H2,1-3H3,(H,13,16)(H,14,15)/t7-,8?,9-,10+/m1/s1. The predicted molar refractivity (Wildman–Crippen MR) is 64.3 cm³/mol. The number of ether oxygens (including phenoxy) is 2. The third-order valence-electron chi connectivity index (χ3n) is 3.28. The van der Waals surface area contributed by atoms with E-state index >= 15 is 0 Å². The molecule has 0 radical (unpaired) electrons. The largest absolute Gasteiger partial charge is 0.480 e. The SMILES string of the molecule is CC[C@@H]1CC([C@H](NC(=O)OC)C(=O)O)C[C@@H](C)O1. The van der Waals surface area contributed by atoms with Crippen molar-refractivity contribution in [3.63, 3.8) is 0 Å². The van der Waals surface area contributed by atoms with Gasteiger partial charge in [-0.2, -0.15) is 0 Å². The van der Waals surface area contributed by atoms with Crippen molar-refractivity contribution >= 4 is 12.1 Å². The number of carboxylic acid groups (broad SMARTS) is 1. The van der Waals surface area contributed by atoms with Crippen molar-refractivity contribution in [3.05, 3.63) is 0 Å². The van der Waals surface area contributed by atoms with Crippen LogP contribution >= 0.6 is 0 Å². The van der Waals surface area contributed by atoms with Gasteiger partial charge in [-0.25, -0.2) is 9.59 Å². The molecule has 0 spiro atoms. The van der Waals surface area contributed by atoms with Crippen LogP contribution in [0.3, 0.4) is 0 Å². The molecule has 1 saturated heterocycles. The summed E-state index contributed by atoms with van der Waals surface area (Å²) in [5.74, 6) is -1.16. The fourth-order valence-corrected chi connectivity index (χ4v) is 2.40. The van der Waals surface area contributed by atoms with Gasteiger partial charge in [0.25, 0.3) is 0 Å². The summed E-state index contributed by atoms with van der Waals surface area (Å²) in [4.78, 5) is 22.4. The van der Waals surface area contributed by atoms with Crippen LogP contribution < -0.4 is 5.32 Å². The number of rotatable bonds is 4. The molecule has 0 bridgehead atoms. The van der Waals surface area contributed by atoms with E-state index in [1.165, 1.54) is 7.11 Å². The highest BCUT2D eigenvalue weighted by molar-refractivity contribution is 5.80. The highest BCUT2D eigenvalue weighted by Gasteiger charge is 2.36. The molecule has 0 saturated carbocycles. The molecule has 1 amide bonds. The third-order valence-corrected chi connectivity index (χ3v) is 3.28. The van der Waals surface area contributed by atoms with Crippen molar-refractivity contribution in [1.29, 1.82) is 0 Å². The zero-order chi connectivity index (χ0) is 13.7. The van der Waals surface area contributed by atoms with Crippen LogP contribution in [0, 0.1) is 5.92 Å². The predicted octanol–water partition coefficient (Wildman–Crippen LogP) is 1.39. The molecule has 18 heavy (non-hydrogen) atoms. The maximum atomic E-state index is 11.2. The van der Waals surface area contributed by atoms with Gasteiger partial charge in [-0.1, -0.05) is 6.92 Å². The average molecular weight is 259 g/mol. The fraction of sp³-hybridized carbons (Fsp3) is 0.833. The van der Waals surface area contributed by atoms with E-state index in [4.69, 9.17) is 4.74 Å². The van der Waals surface area contributed by atoms with Gasteiger partial charge in [0.15, 0.2) is 0 Å². The molecule has 0 aromatic heterocycles. The number of methoxy groups -OCH3 is 1. The molecule has 1 rings (SSSR count). The molecular formula is C12H21NO5. The summed E-state index contributed by atoms with van der Waals surface area (Å²) in [7, 11) is 1.22. The number of carbonyl (C=O) groups is 2. The van der Waals surface area contributed by atoms with Crippen LogP contribution in [0.15, 0.2) is 0 Å². The molecule has 0 aromatic carbocycles. The first-order valence-corrected chi connectivity index (χ1v) is 6.20. The Kier molecular flexibility index (Phi) is 5.40. The van der Waals surface area contributed by atoms with E-state index in [0.717, 1.165) is 6.42 Å². The number of carboxylic acids is 1. The number of nitrogens with one attached hydrogen (secondary N) is 1. The van der Waals surface area contributed by atoms with Gasteiger partial charge in [-0.3, -0.25) is 0 Å². The molecule has 6 nitrogen and oxygen atoms in total. The molecule has 104 valence electrons. The minimum absolute atomic E-state index is 0.00926. The van der Waals surface area contributed by atoms with Gasteiger partial charge in [0.1, 0.15) is 6.04 Å². The number of hydrogen-bond acceptors (Lipinski definition) is 4. The Balaban J connectivity index is 2.72. The highest BCUT2D eigenvalue weighted by Crippen LogP contribution is 2.29. The summed E-state index contributed by atoms with van der Waals surface area (Å²) >= 11 is 0. The molecule has 6 heteroatoms. The number of carbonyl (C=O) groups excluding carboxylic acids is 1. The van der Waals surface area contributed by atoms with E-state index in [1.54, 1.807) is 0 Å². The van der Waals surface area contributed by atoms with Crippen LogP contribution in [0.1, 0.15) is 33.1 Å². The van der Waals surface area contributed by atoms with E-state index in [1.807, 2.05) is 13.8 Å². The van der Waals surface area contributed by atoms with Gasteiger partial charge in [0.2, 0.25) is 0 Å². The number of hydrogen-bond donors (Lipinski definition) is 2. The van der Waals surface area contributed by atoms with Crippen LogP contribution in [0.2, 0.25) is 0 Å². The number of aliphatic carboxylic acids is 1. The molecule has 4 atom stereocenters. The molecule has 0 aromatic rings. The molecule has 1 aliphatic heterocycles. The van der Waals surface area contributed by atoms with E-state index in [9.17, 15) is 14.7 Å². The Morgan fingerprint density at radius 2 is 2.17 bits per heavy atom. The quantitative estimate of drug-likeness (QED) is 0.797. The lowest BCUT2D eigenvalue weighted by molar-refractivity contribution is -0.143. The average Bonchev–Trinajstić information content (AvgIpc) is 2.34. The minimum atomic E-state index is -1.03. The van der Waals surface area contributed by atoms with E-state index in [-0.39, 0.29) is 18.1 Å². The lowest BCUT2D eigenvalue weighted by Crippen LogP contribution is -2.49. The molecular weight excluding hydrogens is 238 g/mol. The Morgan fingerprint density at radius 1 is 1.50 bits per heavy atom. The molecule has 0 aliphatic carbocycles.